The van der Waals surface area contributed by atoms with E-state index in [1.54, 1.807) is 14.2 Å². The summed E-state index contributed by atoms with van der Waals surface area (Å²) in [5.74, 6) is 5.98. The Balaban J connectivity index is 1.48. The van der Waals surface area contributed by atoms with Crippen molar-refractivity contribution >= 4 is 23.3 Å². The number of aldehydes is 2. The van der Waals surface area contributed by atoms with Gasteiger partial charge in [-0.3, -0.25) is 9.59 Å². The minimum atomic E-state index is 0.113. The maximum absolute atomic E-state index is 12.6. The molecule has 4 nitrogen and oxygen atoms in total. The Hall–Kier alpha value is -2.36. The molecule has 0 amide bonds. The molecule has 0 aromatic heterocycles. The standard InChI is InChI=1S/C34H40O4/c1-37-31-25(17-35)9-27(33-11-19-3-20(12-33)5-21(4-19)13-33)29-28(10-26(18-36)32(38-2)30(29)31)34-14-22-6-23(15-34)8-24(7-22)16-34/h9-10,17-24H,3-8,11-16H2,1-2H3. The van der Waals surface area contributed by atoms with E-state index in [9.17, 15) is 9.59 Å². The van der Waals surface area contributed by atoms with Crippen molar-refractivity contribution < 1.29 is 19.1 Å². The van der Waals surface area contributed by atoms with Gasteiger partial charge in [0.15, 0.2) is 12.6 Å². The highest BCUT2D eigenvalue weighted by Crippen LogP contribution is 2.66. The molecule has 0 spiro atoms. The Morgan fingerprint density at radius 1 is 0.579 bits per heavy atom. The van der Waals surface area contributed by atoms with E-state index >= 15 is 0 Å². The van der Waals surface area contributed by atoms with Crippen LogP contribution in [0.5, 0.6) is 11.5 Å². The Kier molecular flexibility index (Phi) is 5.00. The van der Waals surface area contributed by atoms with Crippen LogP contribution in [-0.4, -0.2) is 26.8 Å². The minimum absolute atomic E-state index is 0.113. The average molecular weight is 513 g/mol. The highest BCUT2D eigenvalue weighted by atomic mass is 16.5. The fraction of sp³-hybridized carbons (Fsp3) is 0.647. The van der Waals surface area contributed by atoms with Gasteiger partial charge in [-0.25, -0.2) is 0 Å². The molecule has 0 radical (unpaired) electrons. The molecule has 8 aliphatic carbocycles. The van der Waals surface area contributed by atoms with E-state index in [1.807, 2.05) is 0 Å². The molecule has 38 heavy (non-hydrogen) atoms. The highest BCUT2D eigenvalue weighted by Gasteiger charge is 2.55. The van der Waals surface area contributed by atoms with Crippen LogP contribution in [0.3, 0.4) is 0 Å². The third-order valence-corrected chi connectivity index (χ3v) is 12.2. The molecular weight excluding hydrogens is 472 g/mol. The Labute approximate surface area is 225 Å². The summed E-state index contributed by atoms with van der Waals surface area (Å²) < 4.78 is 12.0. The average Bonchev–Trinajstić information content (AvgIpc) is 2.89. The van der Waals surface area contributed by atoms with Crippen molar-refractivity contribution in [3.8, 4) is 11.5 Å². The number of rotatable bonds is 6. The van der Waals surface area contributed by atoms with Gasteiger partial charge in [-0.05, 0) is 152 Å². The molecule has 0 atom stereocenters. The number of carbonyl (C=O) groups is 2. The van der Waals surface area contributed by atoms with Crippen LogP contribution < -0.4 is 9.47 Å². The summed E-state index contributed by atoms with van der Waals surface area (Å²) in [4.78, 5) is 25.2. The molecule has 8 saturated carbocycles. The van der Waals surface area contributed by atoms with Crippen molar-refractivity contribution in [1.29, 1.82) is 0 Å². The first-order valence-electron chi connectivity index (χ1n) is 15.1. The number of methoxy groups -OCH3 is 2. The van der Waals surface area contributed by atoms with Crippen LogP contribution in [0, 0.1) is 35.5 Å². The van der Waals surface area contributed by atoms with Crippen LogP contribution in [0.15, 0.2) is 12.1 Å². The van der Waals surface area contributed by atoms with Gasteiger partial charge < -0.3 is 9.47 Å². The molecular formula is C34H40O4. The fourth-order valence-electron chi connectivity index (χ4n) is 12.0. The monoisotopic (exact) mass is 512 g/mol. The lowest BCUT2D eigenvalue weighted by molar-refractivity contribution is -0.00682. The zero-order valence-electron chi connectivity index (χ0n) is 22.9. The third-order valence-electron chi connectivity index (χ3n) is 12.2. The summed E-state index contributed by atoms with van der Waals surface area (Å²) in [5.41, 5.74) is 4.17. The van der Waals surface area contributed by atoms with Gasteiger partial charge in [0.05, 0.1) is 30.7 Å². The molecule has 10 rings (SSSR count). The van der Waals surface area contributed by atoms with Gasteiger partial charge in [-0.15, -0.1) is 0 Å². The summed E-state index contributed by atoms with van der Waals surface area (Å²) in [7, 11) is 3.31. The quantitative estimate of drug-likeness (QED) is 0.378. The highest BCUT2D eigenvalue weighted by molar-refractivity contribution is 6.07. The van der Waals surface area contributed by atoms with Crippen LogP contribution in [0.4, 0.5) is 0 Å². The molecule has 8 bridgehead atoms. The lowest BCUT2D eigenvalue weighted by atomic mass is 9.46. The molecule has 2 aromatic rings. The Morgan fingerprint density at radius 3 is 1.16 bits per heavy atom. The van der Waals surface area contributed by atoms with Gasteiger partial charge in [-0.1, -0.05) is 0 Å². The van der Waals surface area contributed by atoms with Gasteiger partial charge >= 0.3 is 0 Å². The summed E-state index contributed by atoms with van der Waals surface area (Å²) in [6.07, 6.45) is 17.6. The minimum Gasteiger partial charge on any atom is -0.495 e. The maximum Gasteiger partial charge on any atom is 0.153 e. The van der Waals surface area contributed by atoms with E-state index in [-0.39, 0.29) is 10.8 Å². The lowest BCUT2D eigenvalue weighted by Gasteiger charge is -2.59. The second kappa shape index (κ2) is 8.08. The van der Waals surface area contributed by atoms with Crippen molar-refractivity contribution in [2.75, 3.05) is 14.2 Å². The van der Waals surface area contributed by atoms with Gasteiger partial charge in [-0.2, -0.15) is 0 Å². The number of fused-ring (bicyclic) bond motifs is 1. The Morgan fingerprint density at radius 2 is 0.895 bits per heavy atom. The molecule has 0 heterocycles. The van der Waals surface area contributed by atoms with Gasteiger partial charge in [0.1, 0.15) is 11.5 Å². The van der Waals surface area contributed by atoms with Gasteiger partial charge in [0.25, 0.3) is 0 Å². The maximum atomic E-state index is 12.6. The first-order chi connectivity index (χ1) is 18.5. The summed E-state index contributed by atoms with van der Waals surface area (Å²) >= 11 is 0. The smallest absolute Gasteiger partial charge is 0.153 e. The van der Waals surface area contributed by atoms with E-state index in [2.05, 4.69) is 12.1 Å². The second-order valence-corrected chi connectivity index (χ2v) is 14.5. The van der Waals surface area contributed by atoms with E-state index in [0.717, 1.165) is 53.5 Å². The largest absolute Gasteiger partial charge is 0.495 e. The summed E-state index contributed by atoms with van der Waals surface area (Å²) in [6, 6.07) is 4.43. The van der Waals surface area contributed by atoms with E-state index in [1.165, 1.54) is 93.6 Å². The topological polar surface area (TPSA) is 52.6 Å². The molecule has 2 aromatic carbocycles. The molecule has 8 aliphatic rings. The second-order valence-electron chi connectivity index (χ2n) is 14.5. The predicted molar refractivity (Wildman–Crippen MR) is 148 cm³/mol. The normalized spacial score (nSPS) is 40.1. The van der Waals surface area contributed by atoms with Crippen LogP contribution in [0.25, 0.3) is 10.8 Å². The van der Waals surface area contributed by atoms with Crippen molar-refractivity contribution in [3.63, 3.8) is 0 Å². The van der Waals surface area contributed by atoms with E-state index in [0.29, 0.717) is 22.6 Å². The van der Waals surface area contributed by atoms with Crippen molar-refractivity contribution in [2.24, 2.45) is 35.5 Å². The first-order valence-corrected chi connectivity index (χ1v) is 15.1. The third kappa shape index (κ3) is 3.09. The molecule has 200 valence electrons. The lowest BCUT2D eigenvalue weighted by Crippen LogP contribution is -2.50. The van der Waals surface area contributed by atoms with Gasteiger partial charge in [0.2, 0.25) is 0 Å². The number of carbonyl (C=O) groups excluding carboxylic acids is 2. The van der Waals surface area contributed by atoms with Crippen molar-refractivity contribution in [1.82, 2.24) is 0 Å². The van der Waals surface area contributed by atoms with Crippen LogP contribution in [0.1, 0.15) is 109 Å². The zero-order valence-corrected chi connectivity index (χ0v) is 22.9. The van der Waals surface area contributed by atoms with Crippen LogP contribution in [-0.2, 0) is 10.8 Å². The van der Waals surface area contributed by atoms with E-state index < -0.39 is 0 Å². The summed E-state index contributed by atoms with van der Waals surface area (Å²) in [5, 5.41) is 2.15. The number of hydrogen-bond acceptors (Lipinski definition) is 4. The molecule has 4 heteroatoms. The number of ether oxygens (including phenoxy) is 2. The molecule has 8 fully saturated rings. The van der Waals surface area contributed by atoms with Crippen molar-refractivity contribution in [3.05, 3.63) is 34.4 Å². The number of benzene rings is 2. The number of hydrogen-bond donors (Lipinski definition) is 0. The van der Waals surface area contributed by atoms with Crippen LogP contribution >= 0.6 is 0 Å². The summed E-state index contributed by atoms with van der Waals surface area (Å²) in [6.45, 7) is 0. The molecule has 0 aliphatic heterocycles. The molecule has 0 saturated heterocycles. The first kappa shape index (κ1) is 23.5. The zero-order chi connectivity index (χ0) is 25.8. The molecule has 0 unspecified atom stereocenters. The van der Waals surface area contributed by atoms with Gasteiger partial charge in [0, 0.05) is 0 Å². The fourth-order valence-corrected chi connectivity index (χ4v) is 12.0. The van der Waals surface area contributed by atoms with Crippen molar-refractivity contribution in [2.45, 2.75) is 87.9 Å². The Bertz CT molecular complexity index is 1180. The molecule has 0 N–H and O–H groups in total. The van der Waals surface area contributed by atoms with E-state index in [4.69, 9.17) is 9.47 Å². The predicted octanol–water partition coefficient (Wildman–Crippen LogP) is 7.42. The van der Waals surface area contributed by atoms with Crippen LogP contribution in [0.2, 0.25) is 0 Å². The SMILES string of the molecule is COc1c(C=O)cc(C23CC4CC(CC(C4)C2)C3)c2c(C34CC5CC(CC(C5)C3)C4)cc(C=O)c(OC)c12.